The Morgan fingerprint density at radius 3 is 2.77 bits per heavy atom. The Morgan fingerprint density at radius 2 is 2.08 bits per heavy atom. The first-order chi connectivity index (χ1) is 6.37. The van der Waals surface area contributed by atoms with Crippen molar-refractivity contribution >= 4 is 0 Å². The Labute approximate surface area is 82.3 Å². The fourth-order valence-corrected chi connectivity index (χ4v) is 3.57. The van der Waals surface area contributed by atoms with Gasteiger partial charge in [-0.2, -0.15) is 0 Å². The van der Waals surface area contributed by atoms with Gasteiger partial charge >= 0.3 is 0 Å². The van der Waals surface area contributed by atoms with Gasteiger partial charge < -0.3 is 5.32 Å². The Hall–Kier alpha value is -0.0400. The van der Waals surface area contributed by atoms with Crippen molar-refractivity contribution in [2.45, 2.75) is 51.9 Å². The summed E-state index contributed by atoms with van der Waals surface area (Å²) in [7, 11) is 0. The highest BCUT2D eigenvalue weighted by Crippen LogP contribution is 2.46. The molecular formula is C12H23N. The lowest BCUT2D eigenvalue weighted by Crippen LogP contribution is -2.46. The van der Waals surface area contributed by atoms with Crippen LogP contribution in [0.1, 0.15) is 51.9 Å². The highest BCUT2D eigenvalue weighted by Gasteiger charge is 2.39. The zero-order chi connectivity index (χ0) is 9.15. The topological polar surface area (TPSA) is 12.0 Å². The van der Waals surface area contributed by atoms with Crippen LogP contribution in [0.2, 0.25) is 0 Å². The molecular weight excluding hydrogens is 158 g/mol. The molecule has 1 aliphatic carbocycles. The minimum absolute atomic E-state index is 0.714. The van der Waals surface area contributed by atoms with Gasteiger partial charge in [0.05, 0.1) is 0 Å². The zero-order valence-electron chi connectivity index (χ0n) is 8.94. The van der Waals surface area contributed by atoms with E-state index in [2.05, 4.69) is 12.2 Å². The van der Waals surface area contributed by atoms with E-state index in [0.717, 1.165) is 5.92 Å². The monoisotopic (exact) mass is 181 g/mol. The number of nitrogens with one attached hydrogen (secondary N) is 1. The maximum atomic E-state index is 3.61. The van der Waals surface area contributed by atoms with E-state index in [1.54, 1.807) is 0 Å². The van der Waals surface area contributed by atoms with Crippen LogP contribution in [0.5, 0.6) is 0 Å². The van der Waals surface area contributed by atoms with Gasteiger partial charge in [0.1, 0.15) is 0 Å². The first kappa shape index (κ1) is 9.51. The van der Waals surface area contributed by atoms with Crippen molar-refractivity contribution in [3.8, 4) is 0 Å². The summed E-state index contributed by atoms with van der Waals surface area (Å²) in [5.74, 6) is 1.02. The first-order valence-corrected chi connectivity index (χ1v) is 6.08. The summed E-state index contributed by atoms with van der Waals surface area (Å²) in [5.41, 5.74) is 0.714. The van der Waals surface area contributed by atoms with E-state index in [0.29, 0.717) is 5.41 Å². The maximum absolute atomic E-state index is 3.61. The summed E-state index contributed by atoms with van der Waals surface area (Å²) in [4.78, 5) is 0. The van der Waals surface area contributed by atoms with Crippen molar-refractivity contribution in [3.63, 3.8) is 0 Å². The normalized spacial score (nSPS) is 40.8. The second kappa shape index (κ2) is 4.00. The largest absolute Gasteiger partial charge is 0.316 e. The minimum Gasteiger partial charge on any atom is -0.316 e. The lowest BCUT2D eigenvalue weighted by molar-refractivity contribution is 0.0594. The van der Waals surface area contributed by atoms with Crippen LogP contribution in [-0.4, -0.2) is 13.1 Å². The van der Waals surface area contributed by atoms with Crippen molar-refractivity contribution in [1.29, 1.82) is 0 Å². The van der Waals surface area contributed by atoms with Crippen molar-refractivity contribution in [3.05, 3.63) is 0 Å². The summed E-state index contributed by atoms with van der Waals surface area (Å²) < 4.78 is 0. The van der Waals surface area contributed by atoms with Gasteiger partial charge in [0.15, 0.2) is 0 Å². The van der Waals surface area contributed by atoms with Gasteiger partial charge in [-0.15, -0.1) is 0 Å². The van der Waals surface area contributed by atoms with Crippen LogP contribution in [0, 0.1) is 11.3 Å². The first-order valence-electron chi connectivity index (χ1n) is 6.08. The lowest BCUT2D eigenvalue weighted by Gasteiger charge is -2.47. The van der Waals surface area contributed by atoms with Crippen LogP contribution in [0.15, 0.2) is 0 Å². The molecule has 1 N–H and O–H groups in total. The van der Waals surface area contributed by atoms with E-state index < -0.39 is 0 Å². The number of piperidine rings is 1. The number of rotatable bonds is 1. The molecule has 2 aliphatic rings. The Bertz CT molecular complexity index is 150. The van der Waals surface area contributed by atoms with Gasteiger partial charge in [0.25, 0.3) is 0 Å². The zero-order valence-corrected chi connectivity index (χ0v) is 8.94. The van der Waals surface area contributed by atoms with E-state index in [4.69, 9.17) is 0 Å². The summed E-state index contributed by atoms with van der Waals surface area (Å²) in [6.45, 7) is 4.95. The molecule has 1 saturated heterocycles. The second-order valence-corrected chi connectivity index (χ2v) is 4.99. The molecule has 1 saturated carbocycles. The molecule has 1 nitrogen and oxygen atoms in total. The summed E-state index contributed by atoms with van der Waals surface area (Å²) >= 11 is 0. The van der Waals surface area contributed by atoms with E-state index >= 15 is 0 Å². The van der Waals surface area contributed by atoms with Crippen LogP contribution in [0.3, 0.4) is 0 Å². The Morgan fingerprint density at radius 1 is 1.23 bits per heavy atom. The molecule has 2 unspecified atom stereocenters. The van der Waals surface area contributed by atoms with Crippen molar-refractivity contribution in [1.82, 2.24) is 5.32 Å². The van der Waals surface area contributed by atoms with Gasteiger partial charge in [-0.25, -0.2) is 0 Å². The van der Waals surface area contributed by atoms with Gasteiger partial charge in [0, 0.05) is 6.54 Å². The molecule has 1 spiro atoms. The van der Waals surface area contributed by atoms with Crippen molar-refractivity contribution in [2.24, 2.45) is 11.3 Å². The number of hydrogen-bond acceptors (Lipinski definition) is 1. The fourth-order valence-electron chi connectivity index (χ4n) is 3.57. The molecule has 0 amide bonds. The van der Waals surface area contributed by atoms with Crippen LogP contribution in [-0.2, 0) is 0 Å². The average molecular weight is 181 g/mol. The molecule has 1 heterocycles. The highest BCUT2D eigenvalue weighted by atomic mass is 14.9. The molecule has 2 atom stereocenters. The van der Waals surface area contributed by atoms with Gasteiger partial charge in [-0.05, 0) is 43.6 Å². The molecule has 0 bridgehead atoms. The molecule has 2 rings (SSSR count). The standard InChI is InChI=1S/C12H23N/c1-2-11-6-3-4-7-12(11)8-5-9-13-10-12/h11,13H,2-10H2,1H3. The van der Waals surface area contributed by atoms with Crippen molar-refractivity contribution < 1.29 is 0 Å². The average Bonchev–Trinajstić information content (AvgIpc) is 2.20. The predicted octanol–water partition coefficient (Wildman–Crippen LogP) is 2.96. The minimum atomic E-state index is 0.714. The lowest BCUT2D eigenvalue weighted by atomic mass is 9.62. The molecule has 2 fully saturated rings. The molecule has 0 aromatic carbocycles. The molecule has 1 aliphatic heterocycles. The van der Waals surface area contributed by atoms with E-state index in [1.165, 1.54) is 58.0 Å². The molecule has 13 heavy (non-hydrogen) atoms. The SMILES string of the molecule is CCC1CCCCC12CCCNC2. The second-order valence-electron chi connectivity index (χ2n) is 4.99. The fraction of sp³-hybridized carbons (Fsp3) is 1.00. The van der Waals surface area contributed by atoms with Crippen LogP contribution < -0.4 is 5.32 Å². The predicted molar refractivity (Wildman–Crippen MR) is 56.8 cm³/mol. The van der Waals surface area contributed by atoms with E-state index in [-0.39, 0.29) is 0 Å². The molecule has 1 heteroatoms. The summed E-state index contributed by atoms with van der Waals surface area (Å²) in [6.07, 6.45) is 10.3. The van der Waals surface area contributed by atoms with E-state index in [1.807, 2.05) is 0 Å². The van der Waals surface area contributed by atoms with Crippen molar-refractivity contribution in [2.75, 3.05) is 13.1 Å². The van der Waals surface area contributed by atoms with Crippen LogP contribution in [0.4, 0.5) is 0 Å². The van der Waals surface area contributed by atoms with Gasteiger partial charge in [-0.3, -0.25) is 0 Å². The Balaban J connectivity index is 2.06. The number of hydrogen-bond donors (Lipinski definition) is 1. The third-order valence-electron chi connectivity index (χ3n) is 4.34. The quantitative estimate of drug-likeness (QED) is 0.656. The molecule has 0 aromatic rings. The molecule has 0 radical (unpaired) electrons. The smallest absolute Gasteiger partial charge is 0.00105 e. The van der Waals surface area contributed by atoms with Gasteiger partial charge in [0.2, 0.25) is 0 Å². The molecule has 0 aromatic heterocycles. The third kappa shape index (κ3) is 1.76. The van der Waals surface area contributed by atoms with E-state index in [9.17, 15) is 0 Å². The molecule has 76 valence electrons. The summed E-state index contributed by atoms with van der Waals surface area (Å²) in [5, 5.41) is 3.61. The Kier molecular flexibility index (Phi) is 2.92. The summed E-state index contributed by atoms with van der Waals surface area (Å²) in [6, 6.07) is 0. The van der Waals surface area contributed by atoms with Gasteiger partial charge in [-0.1, -0.05) is 26.2 Å². The third-order valence-corrected chi connectivity index (χ3v) is 4.34. The maximum Gasteiger partial charge on any atom is 0.00105 e. The van der Waals surface area contributed by atoms with Crippen LogP contribution >= 0.6 is 0 Å². The van der Waals surface area contributed by atoms with Crippen LogP contribution in [0.25, 0.3) is 0 Å². The highest BCUT2D eigenvalue weighted by molar-refractivity contribution is 4.93.